The topological polar surface area (TPSA) is 66.8 Å². The average Bonchev–Trinajstić information content (AvgIpc) is 2.58. The van der Waals surface area contributed by atoms with Crippen LogP contribution in [0.2, 0.25) is 0 Å². The zero-order chi connectivity index (χ0) is 16.9. The van der Waals surface area contributed by atoms with Crippen LogP contribution in [0.25, 0.3) is 11.1 Å². The van der Waals surface area contributed by atoms with Crippen LogP contribution in [0, 0.1) is 6.92 Å². The van der Waals surface area contributed by atoms with Crippen molar-refractivity contribution in [1.29, 1.82) is 0 Å². The van der Waals surface area contributed by atoms with Crippen LogP contribution in [0.4, 0.5) is 0 Å². The Bertz CT molecular complexity index is 1010. The van der Waals surface area contributed by atoms with Crippen molar-refractivity contribution in [3.63, 3.8) is 0 Å². The maximum atomic E-state index is 13.8. The fraction of sp³-hybridized carbons (Fsp3) is 0.0526. The van der Waals surface area contributed by atoms with Crippen molar-refractivity contribution >= 4 is 18.0 Å². The first-order valence-corrected chi connectivity index (χ1v) is 9.15. The minimum atomic E-state index is -3.58. The predicted molar refractivity (Wildman–Crippen MR) is 93.9 cm³/mol. The average molecular weight is 338 g/mol. The molecule has 2 N–H and O–H groups in total. The van der Waals surface area contributed by atoms with Crippen molar-refractivity contribution in [2.75, 3.05) is 0 Å². The normalized spacial score (nSPS) is 18.4. The Morgan fingerprint density at radius 3 is 2.29 bits per heavy atom. The third-order valence-corrected chi connectivity index (χ3v) is 6.71. The Hall–Kier alpha value is -2.71. The van der Waals surface area contributed by atoms with Gasteiger partial charge in [0.05, 0.1) is 10.6 Å². The molecule has 1 atom stereocenters. The van der Waals surface area contributed by atoms with Gasteiger partial charge >= 0.3 is 7.37 Å². The lowest BCUT2D eigenvalue weighted by molar-refractivity contribution is 0.456. The molecule has 0 aromatic heterocycles. The zero-order valence-corrected chi connectivity index (χ0v) is 13.8. The van der Waals surface area contributed by atoms with Crippen molar-refractivity contribution in [3.05, 3.63) is 66.2 Å². The number of fused-ring (bicyclic) bond motifs is 3. The summed E-state index contributed by atoms with van der Waals surface area (Å²) in [4.78, 5) is 0. The fourth-order valence-corrected chi connectivity index (χ4v) is 5.34. The maximum Gasteiger partial charge on any atom is 0.311 e. The Labute approximate surface area is 139 Å². The van der Waals surface area contributed by atoms with Gasteiger partial charge < -0.3 is 14.7 Å². The molecule has 3 aromatic rings. The summed E-state index contributed by atoms with van der Waals surface area (Å²) in [7, 11) is -3.58. The highest BCUT2D eigenvalue weighted by atomic mass is 31.2. The minimum Gasteiger partial charge on any atom is -0.508 e. The van der Waals surface area contributed by atoms with Crippen LogP contribution in [0.1, 0.15) is 5.56 Å². The monoisotopic (exact) mass is 338 g/mol. The SMILES string of the molecule is Cc1cc(O)c(P2(=O)Oc3ccccc3-c3ccccc32)cc1O. The second-order valence-corrected chi connectivity index (χ2v) is 8.03. The van der Waals surface area contributed by atoms with E-state index in [9.17, 15) is 14.8 Å². The molecule has 0 amide bonds. The summed E-state index contributed by atoms with van der Waals surface area (Å²) < 4.78 is 19.7. The molecule has 4 nitrogen and oxygen atoms in total. The van der Waals surface area contributed by atoms with E-state index in [2.05, 4.69) is 0 Å². The Kier molecular flexibility index (Phi) is 3.19. The number of phenols is 2. The van der Waals surface area contributed by atoms with E-state index in [1.165, 1.54) is 12.1 Å². The van der Waals surface area contributed by atoms with Gasteiger partial charge in [0, 0.05) is 5.56 Å². The molecule has 0 radical (unpaired) electrons. The van der Waals surface area contributed by atoms with Crippen molar-refractivity contribution in [2.24, 2.45) is 0 Å². The summed E-state index contributed by atoms with van der Waals surface area (Å²) >= 11 is 0. The van der Waals surface area contributed by atoms with Gasteiger partial charge in [-0.15, -0.1) is 0 Å². The largest absolute Gasteiger partial charge is 0.508 e. The number of hydrogen-bond donors (Lipinski definition) is 2. The lowest BCUT2D eigenvalue weighted by Gasteiger charge is -2.29. The summed E-state index contributed by atoms with van der Waals surface area (Å²) in [6, 6.07) is 17.4. The highest BCUT2D eigenvalue weighted by Crippen LogP contribution is 2.55. The van der Waals surface area contributed by atoms with Gasteiger partial charge in [0.2, 0.25) is 0 Å². The molecular weight excluding hydrogens is 323 g/mol. The molecule has 1 aliphatic heterocycles. The summed E-state index contributed by atoms with van der Waals surface area (Å²) in [6.45, 7) is 1.67. The molecule has 24 heavy (non-hydrogen) atoms. The van der Waals surface area contributed by atoms with E-state index in [1.54, 1.807) is 25.1 Å². The van der Waals surface area contributed by atoms with Gasteiger partial charge in [0.1, 0.15) is 17.2 Å². The van der Waals surface area contributed by atoms with Gasteiger partial charge in [-0.1, -0.05) is 36.4 Å². The highest BCUT2D eigenvalue weighted by Gasteiger charge is 2.39. The van der Waals surface area contributed by atoms with Gasteiger partial charge in [0.25, 0.3) is 0 Å². The van der Waals surface area contributed by atoms with Crippen molar-refractivity contribution in [1.82, 2.24) is 0 Å². The molecule has 0 saturated carbocycles. The molecule has 1 aliphatic rings. The quantitative estimate of drug-likeness (QED) is 0.524. The van der Waals surface area contributed by atoms with Gasteiger partial charge in [0.15, 0.2) is 0 Å². The fourth-order valence-electron chi connectivity index (χ4n) is 3.00. The number of benzene rings is 3. The number of phenolic OH excluding ortho intramolecular Hbond substituents is 2. The predicted octanol–water partition coefficient (Wildman–Crippen LogP) is 3.69. The molecule has 5 heteroatoms. The van der Waals surface area contributed by atoms with E-state index in [-0.39, 0.29) is 16.8 Å². The standard InChI is InChI=1S/C19H15O4P/c1-12-10-16(21)19(11-15(12)20)24(22)18-9-5-3-7-14(18)13-6-2-4-8-17(13)23-24/h2-11,20-21H,1H3. The van der Waals surface area contributed by atoms with Crippen molar-refractivity contribution < 1.29 is 19.3 Å². The van der Waals surface area contributed by atoms with Gasteiger partial charge in [-0.25, -0.2) is 0 Å². The molecule has 0 spiro atoms. The van der Waals surface area contributed by atoms with E-state index >= 15 is 0 Å². The molecule has 0 saturated heterocycles. The summed E-state index contributed by atoms with van der Waals surface area (Å²) in [5.41, 5.74) is 2.17. The summed E-state index contributed by atoms with van der Waals surface area (Å²) in [6.07, 6.45) is 0. The number of para-hydroxylation sites is 1. The third-order valence-electron chi connectivity index (χ3n) is 4.24. The third kappa shape index (κ3) is 2.04. The first kappa shape index (κ1) is 14.9. The molecule has 1 unspecified atom stereocenters. The Morgan fingerprint density at radius 2 is 1.50 bits per heavy atom. The zero-order valence-electron chi connectivity index (χ0n) is 12.9. The maximum absolute atomic E-state index is 13.8. The number of rotatable bonds is 1. The molecule has 0 aliphatic carbocycles. The first-order chi connectivity index (χ1) is 11.5. The molecule has 120 valence electrons. The Morgan fingerprint density at radius 1 is 0.833 bits per heavy atom. The van der Waals surface area contributed by atoms with Crippen LogP contribution >= 0.6 is 7.37 Å². The number of aromatic hydroxyl groups is 2. The highest BCUT2D eigenvalue weighted by molar-refractivity contribution is 7.75. The van der Waals surface area contributed by atoms with Crippen LogP contribution in [-0.4, -0.2) is 10.2 Å². The molecular formula is C19H15O4P. The van der Waals surface area contributed by atoms with Crippen LogP contribution in [0.5, 0.6) is 17.2 Å². The van der Waals surface area contributed by atoms with Crippen LogP contribution in [0.3, 0.4) is 0 Å². The van der Waals surface area contributed by atoms with Crippen LogP contribution in [0.15, 0.2) is 60.7 Å². The lowest BCUT2D eigenvalue weighted by atomic mass is 10.0. The summed E-state index contributed by atoms with van der Waals surface area (Å²) in [5.74, 6) is 0.319. The van der Waals surface area contributed by atoms with Gasteiger partial charge in [-0.2, -0.15) is 0 Å². The first-order valence-electron chi connectivity index (χ1n) is 7.52. The Balaban J connectivity index is 2.04. The molecule has 0 bridgehead atoms. The van der Waals surface area contributed by atoms with Crippen molar-refractivity contribution in [2.45, 2.75) is 6.92 Å². The van der Waals surface area contributed by atoms with Crippen molar-refractivity contribution in [3.8, 4) is 28.4 Å². The van der Waals surface area contributed by atoms with E-state index in [0.717, 1.165) is 11.1 Å². The van der Waals surface area contributed by atoms with E-state index in [4.69, 9.17) is 4.52 Å². The minimum absolute atomic E-state index is 0.0297. The van der Waals surface area contributed by atoms with E-state index in [1.807, 2.05) is 30.3 Å². The summed E-state index contributed by atoms with van der Waals surface area (Å²) in [5, 5.41) is 21.0. The molecule has 3 aromatic carbocycles. The number of hydrogen-bond acceptors (Lipinski definition) is 4. The van der Waals surface area contributed by atoms with E-state index in [0.29, 0.717) is 16.6 Å². The van der Waals surface area contributed by atoms with Crippen LogP contribution < -0.4 is 15.1 Å². The second kappa shape index (κ2) is 5.15. The van der Waals surface area contributed by atoms with Gasteiger partial charge in [-0.05, 0) is 42.3 Å². The van der Waals surface area contributed by atoms with E-state index < -0.39 is 7.37 Å². The molecule has 4 rings (SSSR count). The lowest BCUT2D eigenvalue weighted by Crippen LogP contribution is -2.25. The number of aryl methyl sites for hydroxylation is 1. The van der Waals surface area contributed by atoms with Gasteiger partial charge in [-0.3, -0.25) is 4.57 Å². The molecule has 0 fully saturated rings. The van der Waals surface area contributed by atoms with Crippen LogP contribution in [-0.2, 0) is 4.57 Å². The second-order valence-electron chi connectivity index (χ2n) is 5.78. The molecule has 1 heterocycles. The smallest absolute Gasteiger partial charge is 0.311 e.